The summed E-state index contributed by atoms with van der Waals surface area (Å²) in [5, 5.41) is 18.3. The standard InChI is InChI=1S/C13H13N3O2/c14-7-8-2-1-5-15-12(8)16-9-3-4-11(16)10(6-9)13(17)18/h1-2,5,9-11H,3-4,6H2,(H,17,18). The Labute approximate surface area is 105 Å². The number of fused-ring (bicyclic) bond motifs is 2. The number of carboxylic acids is 1. The fourth-order valence-electron chi connectivity index (χ4n) is 3.27. The molecule has 2 saturated heterocycles. The van der Waals surface area contributed by atoms with E-state index in [0.717, 1.165) is 12.8 Å². The zero-order valence-electron chi connectivity index (χ0n) is 9.78. The SMILES string of the molecule is N#Cc1cccnc1N1C2CCC1C(C(=O)O)C2. The molecule has 3 atom stereocenters. The minimum absolute atomic E-state index is 0.00509. The number of nitrogens with zero attached hydrogens (tertiary/aromatic N) is 3. The maximum atomic E-state index is 11.2. The summed E-state index contributed by atoms with van der Waals surface area (Å²) in [6, 6.07) is 5.81. The van der Waals surface area contributed by atoms with Crippen molar-refractivity contribution in [3.05, 3.63) is 23.9 Å². The van der Waals surface area contributed by atoms with Gasteiger partial charge in [0.1, 0.15) is 11.9 Å². The minimum atomic E-state index is -0.735. The third-order valence-corrected chi connectivity index (χ3v) is 4.01. The van der Waals surface area contributed by atoms with Gasteiger partial charge in [-0.15, -0.1) is 0 Å². The van der Waals surface area contributed by atoms with Gasteiger partial charge in [-0.1, -0.05) is 0 Å². The summed E-state index contributed by atoms with van der Waals surface area (Å²) in [5.74, 6) is -0.407. The Kier molecular flexibility index (Phi) is 2.44. The smallest absolute Gasteiger partial charge is 0.308 e. The van der Waals surface area contributed by atoms with E-state index in [1.54, 1.807) is 18.3 Å². The first kappa shape index (κ1) is 11.0. The first-order valence-corrected chi connectivity index (χ1v) is 6.08. The van der Waals surface area contributed by atoms with Gasteiger partial charge < -0.3 is 10.0 Å². The summed E-state index contributed by atoms with van der Waals surface area (Å²) in [5.41, 5.74) is 0.528. The van der Waals surface area contributed by atoms with E-state index < -0.39 is 5.97 Å². The van der Waals surface area contributed by atoms with E-state index in [0.29, 0.717) is 17.8 Å². The maximum absolute atomic E-state index is 11.2. The van der Waals surface area contributed by atoms with Crippen LogP contribution in [-0.4, -0.2) is 28.1 Å². The zero-order valence-corrected chi connectivity index (χ0v) is 9.78. The highest BCUT2D eigenvalue weighted by Crippen LogP contribution is 2.44. The average Bonchev–Trinajstić information content (AvgIpc) is 2.96. The van der Waals surface area contributed by atoms with Gasteiger partial charge in [0.15, 0.2) is 0 Å². The molecule has 0 aliphatic carbocycles. The number of rotatable bonds is 2. The summed E-state index contributed by atoms with van der Waals surface area (Å²) in [6.45, 7) is 0. The summed E-state index contributed by atoms with van der Waals surface area (Å²) in [6.07, 6.45) is 4.20. The summed E-state index contributed by atoms with van der Waals surface area (Å²) in [4.78, 5) is 17.5. The molecule has 1 aromatic rings. The van der Waals surface area contributed by atoms with E-state index in [1.807, 2.05) is 0 Å². The molecule has 3 heterocycles. The third-order valence-electron chi connectivity index (χ3n) is 4.01. The molecule has 0 saturated carbocycles. The number of aromatic nitrogens is 1. The molecular formula is C13H13N3O2. The fourth-order valence-corrected chi connectivity index (χ4v) is 3.27. The van der Waals surface area contributed by atoms with Gasteiger partial charge in [0.25, 0.3) is 0 Å². The lowest BCUT2D eigenvalue weighted by Crippen LogP contribution is -2.33. The zero-order chi connectivity index (χ0) is 12.7. The summed E-state index contributed by atoms with van der Waals surface area (Å²) in [7, 11) is 0. The van der Waals surface area contributed by atoms with Crippen molar-refractivity contribution < 1.29 is 9.90 Å². The van der Waals surface area contributed by atoms with Crippen molar-refractivity contribution >= 4 is 11.8 Å². The third kappa shape index (κ3) is 1.46. The average molecular weight is 243 g/mol. The highest BCUT2D eigenvalue weighted by atomic mass is 16.4. The second-order valence-electron chi connectivity index (χ2n) is 4.87. The molecule has 0 radical (unpaired) electrons. The van der Waals surface area contributed by atoms with Crippen LogP contribution in [0.2, 0.25) is 0 Å². The van der Waals surface area contributed by atoms with Crippen LogP contribution in [0.25, 0.3) is 0 Å². The van der Waals surface area contributed by atoms with Crippen molar-refractivity contribution in [1.29, 1.82) is 5.26 Å². The normalized spacial score (nSPS) is 29.3. The van der Waals surface area contributed by atoms with Gasteiger partial charge in [-0.3, -0.25) is 4.79 Å². The predicted octanol–water partition coefficient (Wildman–Crippen LogP) is 1.40. The first-order chi connectivity index (χ1) is 8.72. The van der Waals surface area contributed by atoms with Crippen LogP contribution >= 0.6 is 0 Å². The Balaban J connectivity index is 1.99. The Hall–Kier alpha value is -2.09. The van der Waals surface area contributed by atoms with Gasteiger partial charge in [0.05, 0.1) is 11.5 Å². The van der Waals surface area contributed by atoms with Gasteiger partial charge in [0.2, 0.25) is 0 Å². The van der Waals surface area contributed by atoms with Gasteiger partial charge in [-0.25, -0.2) is 4.98 Å². The number of carboxylic acid groups (broad SMARTS) is 1. The molecule has 2 aliphatic heterocycles. The molecule has 0 amide bonds. The molecule has 3 unspecified atom stereocenters. The second kappa shape index (κ2) is 3.98. The van der Waals surface area contributed by atoms with Crippen LogP contribution in [-0.2, 0) is 4.79 Å². The van der Waals surface area contributed by atoms with Crippen LogP contribution in [0.3, 0.4) is 0 Å². The van der Waals surface area contributed by atoms with Crippen LogP contribution in [0.15, 0.2) is 18.3 Å². The van der Waals surface area contributed by atoms with E-state index in [2.05, 4.69) is 16.0 Å². The molecule has 1 N–H and O–H groups in total. The largest absolute Gasteiger partial charge is 0.481 e. The first-order valence-electron chi connectivity index (χ1n) is 6.08. The molecule has 3 rings (SSSR count). The fraction of sp³-hybridized carbons (Fsp3) is 0.462. The summed E-state index contributed by atoms with van der Waals surface area (Å²) < 4.78 is 0. The molecule has 2 aliphatic rings. The number of hydrogen-bond donors (Lipinski definition) is 1. The van der Waals surface area contributed by atoms with E-state index in [1.165, 1.54) is 0 Å². The Morgan fingerprint density at radius 2 is 2.39 bits per heavy atom. The number of carbonyl (C=O) groups is 1. The van der Waals surface area contributed by atoms with Crippen molar-refractivity contribution in [2.75, 3.05) is 4.90 Å². The topological polar surface area (TPSA) is 77.2 Å². The second-order valence-corrected chi connectivity index (χ2v) is 4.87. The number of anilines is 1. The van der Waals surface area contributed by atoms with E-state index in [4.69, 9.17) is 5.26 Å². The molecule has 0 spiro atoms. The van der Waals surface area contributed by atoms with E-state index >= 15 is 0 Å². The molecule has 0 aromatic carbocycles. The molecular weight excluding hydrogens is 230 g/mol. The highest BCUT2D eigenvalue weighted by molar-refractivity contribution is 5.74. The highest BCUT2D eigenvalue weighted by Gasteiger charge is 2.50. The van der Waals surface area contributed by atoms with Crippen LogP contribution in [0.1, 0.15) is 24.8 Å². The lowest BCUT2D eigenvalue weighted by Gasteiger charge is -2.24. The van der Waals surface area contributed by atoms with Crippen molar-refractivity contribution in [2.24, 2.45) is 5.92 Å². The molecule has 2 bridgehead atoms. The van der Waals surface area contributed by atoms with Gasteiger partial charge >= 0.3 is 5.97 Å². The Bertz CT molecular complexity index is 537. The van der Waals surface area contributed by atoms with Crippen LogP contribution in [0.4, 0.5) is 5.82 Å². The molecule has 92 valence electrons. The van der Waals surface area contributed by atoms with Gasteiger partial charge in [-0.2, -0.15) is 5.26 Å². The predicted molar refractivity (Wildman–Crippen MR) is 64.0 cm³/mol. The van der Waals surface area contributed by atoms with Gasteiger partial charge in [0, 0.05) is 18.3 Å². The Morgan fingerprint density at radius 1 is 1.56 bits per heavy atom. The van der Waals surface area contributed by atoms with Crippen LogP contribution in [0, 0.1) is 17.2 Å². The van der Waals surface area contributed by atoms with Crippen LogP contribution < -0.4 is 4.90 Å². The van der Waals surface area contributed by atoms with Crippen molar-refractivity contribution in [2.45, 2.75) is 31.3 Å². The number of pyridine rings is 1. The molecule has 1 aromatic heterocycles. The number of aliphatic carboxylic acids is 1. The minimum Gasteiger partial charge on any atom is -0.481 e. The van der Waals surface area contributed by atoms with Crippen LogP contribution in [0.5, 0.6) is 0 Å². The number of hydrogen-bond acceptors (Lipinski definition) is 4. The maximum Gasteiger partial charge on any atom is 0.308 e. The molecule has 18 heavy (non-hydrogen) atoms. The van der Waals surface area contributed by atoms with E-state index in [9.17, 15) is 9.90 Å². The lowest BCUT2D eigenvalue weighted by molar-refractivity contribution is -0.142. The lowest BCUT2D eigenvalue weighted by atomic mass is 9.89. The van der Waals surface area contributed by atoms with Crippen molar-refractivity contribution in [1.82, 2.24) is 4.98 Å². The quantitative estimate of drug-likeness (QED) is 0.849. The molecule has 2 fully saturated rings. The van der Waals surface area contributed by atoms with E-state index in [-0.39, 0.29) is 18.0 Å². The van der Waals surface area contributed by atoms with Crippen molar-refractivity contribution in [3.63, 3.8) is 0 Å². The Morgan fingerprint density at radius 3 is 3.06 bits per heavy atom. The van der Waals surface area contributed by atoms with Gasteiger partial charge in [-0.05, 0) is 31.4 Å². The number of nitriles is 1. The molecule has 5 heteroatoms. The molecule has 5 nitrogen and oxygen atoms in total. The monoisotopic (exact) mass is 243 g/mol. The van der Waals surface area contributed by atoms with Crippen molar-refractivity contribution in [3.8, 4) is 6.07 Å². The summed E-state index contributed by atoms with van der Waals surface area (Å²) >= 11 is 0.